The van der Waals surface area contributed by atoms with Gasteiger partial charge in [0.15, 0.2) is 12.0 Å². The molecule has 1 heterocycles. The number of hydrogen-bond donors (Lipinski definition) is 1. The second kappa shape index (κ2) is 7.54. The van der Waals surface area contributed by atoms with Gasteiger partial charge >= 0.3 is 5.97 Å². The van der Waals surface area contributed by atoms with E-state index in [9.17, 15) is 27.2 Å². The minimum atomic E-state index is -2.29. The van der Waals surface area contributed by atoms with Crippen molar-refractivity contribution in [2.24, 2.45) is 0 Å². The fourth-order valence-corrected chi connectivity index (χ4v) is 3.69. The van der Waals surface area contributed by atoms with Crippen LogP contribution in [0.2, 0.25) is 0 Å². The highest BCUT2D eigenvalue weighted by Gasteiger charge is 2.42. The van der Waals surface area contributed by atoms with E-state index in [-0.39, 0.29) is 41.0 Å². The number of allylic oxidation sites excluding steroid dienone is 3. The molecule has 0 radical (unpaired) electrons. The average molecular weight is 383 g/mol. The lowest BCUT2D eigenvalue weighted by Crippen LogP contribution is -2.32. The largest absolute Gasteiger partial charge is 0.466 e. The van der Waals surface area contributed by atoms with Crippen molar-refractivity contribution in [1.29, 1.82) is 0 Å². The molecule has 0 bridgehead atoms. The second-order valence-corrected chi connectivity index (χ2v) is 6.26. The van der Waals surface area contributed by atoms with Gasteiger partial charge in [0.25, 0.3) is 0 Å². The number of rotatable bonds is 5. The number of dihydropyridines is 1. The molecule has 0 saturated heterocycles. The van der Waals surface area contributed by atoms with Crippen molar-refractivity contribution in [1.82, 2.24) is 5.32 Å². The standard InChI is InChI=1S/C19H17F4NO3/c1-27-19(26)18-13(8-21)24-12-5-6-14(25)17(12)16(18)9-3-2-4-10(22)15(9)11(23)7-20/h2-4,11,16,24H,5-8H2,1H3/t11-,16-/m0/s1. The number of alkyl halides is 3. The van der Waals surface area contributed by atoms with E-state index in [1.165, 1.54) is 12.1 Å². The normalized spacial score (nSPS) is 20.5. The highest BCUT2D eigenvalue weighted by molar-refractivity contribution is 6.05. The van der Waals surface area contributed by atoms with E-state index in [4.69, 9.17) is 4.74 Å². The van der Waals surface area contributed by atoms with Crippen LogP contribution in [0.3, 0.4) is 0 Å². The summed E-state index contributed by atoms with van der Waals surface area (Å²) in [6, 6.07) is 3.54. The van der Waals surface area contributed by atoms with Gasteiger partial charge in [-0.05, 0) is 18.1 Å². The van der Waals surface area contributed by atoms with E-state index >= 15 is 0 Å². The maximum Gasteiger partial charge on any atom is 0.336 e. The predicted octanol–water partition coefficient (Wildman–Crippen LogP) is 3.51. The number of Topliss-reactive ketones (excluding diaryl/α,β-unsaturated/α-hetero) is 1. The fraction of sp³-hybridized carbons (Fsp3) is 0.368. The molecule has 27 heavy (non-hydrogen) atoms. The van der Waals surface area contributed by atoms with Crippen LogP contribution in [-0.4, -0.2) is 32.2 Å². The first kappa shape index (κ1) is 19.1. The molecular weight excluding hydrogens is 366 g/mol. The molecular formula is C19H17F4NO3. The predicted molar refractivity (Wildman–Crippen MR) is 88.4 cm³/mol. The molecule has 4 nitrogen and oxygen atoms in total. The molecule has 0 spiro atoms. The van der Waals surface area contributed by atoms with Crippen LogP contribution < -0.4 is 5.32 Å². The Morgan fingerprint density at radius 2 is 2.07 bits per heavy atom. The van der Waals surface area contributed by atoms with Crippen molar-refractivity contribution in [2.75, 3.05) is 20.5 Å². The van der Waals surface area contributed by atoms with Crippen LogP contribution in [0.4, 0.5) is 17.6 Å². The summed E-state index contributed by atoms with van der Waals surface area (Å²) in [4.78, 5) is 24.8. The lowest BCUT2D eigenvalue weighted by atomic mass is 9.77. The molecule has 1 aromatic carbocycles. The maximum absolute atomic E-state index is 14.3. The summed E-state index contributed by atoms with van der Waals surface area (Å²) in [6.45, 7) is -2.55. The fourth-order valence-electron chi connectivity index (χ4n) is 3.69. The number of esters is 1. The smallest absolute Gasteiger partial charge is 0.336 e. The second-order valence-electron chi connectivity index (χ2n) is 6.26. The first-order valence-corrected chi connectivity index (χ1v) is 8.33. The minimum Gasteiger partial charge on any atom is -0.466 e. The Bertz CT molecular complexity index is 863. The molecule has 1 aliphatic carbocycles. The summed E-state index contributed by atoms with van der Waals surface area (Å²) in [7, 11) is 1.08. The number of benzene rings is 1. The molecule has 0 saturated carbocycles. The van der Waals surface area contributed by atoms with Crippen LogP contribution in [0, 0.1) is 5.82 Å². The number of ketones is 1. The van der Waals surface area contributed by atoms with E-state index in [2.05, 4.69) is 5.32 Å². The highest BCUT2D eigenvalue weighted by atomic mass is 19.2. The number of ether oxygens (including phenoxy) is 1. The van der Waals surface area contributed by atoms with E-state index in [0.29, 0.717) is 5.70 Å². The van der Waals surface area contributed by atoms with Crippen molar-refractivity contribution in [3.05, 3.63) is 57.7 Å². The van der Waals surface area contributed by atoms with Crippen LogP contribution in [-0.2, 0) is 14.3 Å². The topological polar surface area (TPSA) is 55.4 Å². The zero-order valence-electron chi connectivity index (χ0n) is 14.5. The molecule has 0 unspecified atom stereocenters. The lowest BCUT2D eigenvalue weighted by Gasteiger charge is -2.30. The summed E-state index contributed by atoms with van der Waals surface area (Å²) in [6.07, 6.45) is -1.88. The van der Waals surface area contributed by atoms with E-state index in [1.807, 2.05) is 0 Å². The monoisotopic (exact) mass is 383 g/mol. The van der Waals surface area contributed by atoms with Crippen molar-refractivity contribution in [3.8, 4) is 0 Å². The van der Waals surface area contributed by atoms with Crippen LogP contribution in [0.1, 0.15) is 36.1 Å². The molecule has 1 aromatic rings. The molecule has 144 valence electrons. The third-order valence-electron chi connectivity index (χ3n) is 4.82. The number of methoxy groups -OCH3 is 1. The van der Waals surface area contributed by atoms with Crippen molar-refractivity contribution in [2.45, 2.75) is 24.9 Å². The summed E-state index contributed by atoms with van der Waals surface area (Å²) >= 11 is 0. The Labute approximate surface area is 152 Å². The van der Waals surface area contributed by atoms with Crippen molar-refractivity contribution in [3.63, 3.8) is 0 Å². The Morgan fingerprint density at radius 1 is 1.33 bits per heavy atom. The third kappa shape index (κ3) is 3.13. The quantitative estimate of drug-likeness (QED) is 0.625. The summed E-state index contributed by atoms with van der Waals surface area (Å²) < 4.78 is 59.9. The number of carbonyl (C=O) groups excluding carboxylic acids is 2. The summed E-state index contributed by atoms with van der Waals surface area (Å²) in [5, 5.41) is 2.74. The minimum absolute atomic E-state index is 0.0873. The molecule has 0 amide bonds. The van der Waals surface area contributed by atoms with Gasteiger partial charge in [0, 0.05) is 29.2 Å². The number of carbonyl (C=O) groups is 2. The van der Waals surface area contributed by atoms with Crippen LogP contribution in [0.15, 0.2) is 40.7 Å². The van der Waals surface area contributed by atoms with Gasteiger partial charge in [0.05, 0.1) is 18.4 Å². The Balaban J connectivity index is 2.30. The van der Waals surface area contributed by atoms with Crippen LogP contribution in [0.25, 0.3) is 0 Å². The number of halogens is 4. The van der Waals surface area contributed by atoms with Gasteiger partial charge < -0.3 is 10.1 Å². The molecule has 2 aliphatic rings. The van der Waals surface area contributed by atoms with Gasteiger partial charge in [0.2, 0.25) is 0 Å². The molecule has 1 aliphatic heterocycles. The van der Waals surface area contributed by atoms with Crippen LogP contribution in [0.5, 0.6) is 0 Å². The van der Waals surface area contributed by atoms with Gasteiger partial charge in [-0.15, -0.1) is 0 Å². The van der Waals surface area contributed by atoms with Crippen molar-refractivity contribution >= 4 is 11.8 Å². The van der Waals surface area contributed by atoms with Gasteiger partial charge in [-0.2, -0.15) is 0 Å². The average Bonchev–Trinajstić information content (AvgIpc) is 3.05. The van der Waals surface area contributed by atoms with Gasteiger partial charge in [-0.25, -0.2) is 22.4 Å². The zero-order chi connectivity index (χ0) is 19.7. The van der Waals surface area contributed by atoms with Gasteiger partial charge in [-0.1, -0.05) is 12.1 Å². The summed E-state index contributed by atoms with van der Waals surface area (Å²) in [5.74, 6) is -3.50. The van der Waals surface area contributed by atoms with E-state index in [0.717, 1.165) is 13.2 Å². The maximum atomic E-state index is 14.3. The lowest BCUT2D eigenvalue weighted by molar-refractivity contribution is -0.136. The first-order valence-electron chi connectivity index (χ1n) is 8.33. The van der Waals surface area contributed by atoms with Gasteiger partial charge in [-0.3, -0.25) is 4.79 Å². The highest BCUT2D eigenvalue weighted by Crippen LogP contribution is 2.46. The Kier molecular flexibility index (Phi) is 5.34. The van der Waals surface area contributed by atoms with Crippen LogP contribution >= 0.6 is 0 Å². The van der Waals surface area contributed by atoms with E-state index in [1.54, 1.807) is 0 Å². The van der Waals surface area contributed by atoms with Crippen molar-refractivity contribution < 1.29 is 31.9 Å². The molecule has 3 rings (SSSR count). The summed E-state index contributed by atoms with van der Waals surface area (Å²) in [5.41, 5.74) is -0.520. The Morgan fingerprint density at radius 3 is 2.70 bits per heavy atom. The molecule has 8 heteroatoms. The molecule has 1 N–H and O–H groups in total. The van der Waals surface area contributed by atoms with E-state index < -0.39 is 42.8 Å². The molecule has 0 aromatic heterocycles. The first-order chi connectivity index (χ1) is 12.9. The Hall–Kier alpha value is -2.64. The molecule has 2 atom stereocenters. The molecule has 0 fully saturated rings. The zero-order valence-corrected chi connectivity index (χ0v) is 14.5. The SMILES string of the molecule is COC(=O)C1=C(CF)NC2=C(C(=O)CC2)[C@@H]1c1cccc(F)c1[C@@H](F)CF. The number of nitrogens with one attached hydrogen (secondary N) is 1. The third-order valence-corrected chi connectivity index (χ3v) is 4.82. The van der Waals surface area contributed by atoms with Gasteiger partial charge in [0.1, 0.15) is 19.2 Å². The number of hydrogen-bond acceptors (Lipinski definition) is 4.